The van der Waals surface area contributed by atoms with Crippen molar-refractivity contribution >= 4 is 5.91 Å². The fraction of sp³-hybridized carbons (Fsp3) is 0.696. The van der Waals surface area contributed by atoms with E-state index in [4.69, 9.17) is 4.74 Å². The Balaban J connectivity index is 1.41. The number of amides is 1. The number of ether oxygens (including phenoxy) is 1. The number of carbonyl (C=O) groups excluding carboxylic acids is 1. The topological polar surface area (TPSA) is 36.0 Å². The van der Waals surface area contributed by atoms with Crippen molar-refractivity contribution in [2.45, 2.75) is 45.7 Å². The molecule has 28 heavy (non-hydrogen) atoms. The van der Waals surface area contributed by atoms with Crippen molar-refractivity contribution in [3.05, 3.63) is 29.8 Å². The summed E-state index contributed by atoms with van der Waals surface area (Å²) >= 11 is 0. The highest BCUT2D eigenvalue weighted by Crippen LogP contribution is 2.53. The number of likely N-dealkylation sites (tertiary alicyclic amines) is 1. The van der Waals surface area contributed by atoms with E-state index in [9.17, 15) is 4.79 Å². The number of piperidine rings is 1. The standard InChI is InChI=1S/C23H35N3O2/c1-18(2)16-28-20-6-4-19(5-7-20)15-26-17-23(8-9-23)14-21(22(26)27)25-12-10-24(3)11-13-25/h4-7,18,21H,8-17H2,1-3H3. The fourth-order valence-electron chi connectivity index (χ4n) is 4.52. The van der Waals surface area contributed by atoms with Crippen LogP contribution in [-0.4, -0.2) is 73.0 Å². The van der Waals surface area contributed by atoms with E-state index in [-0.39, 0.29) is 6.04 Å². The number of piperazine rings is 1. The molecule has 0 N–H and O–H groups in total. The van der Waals surface area contributed by atoms with E-state index in [1.807, 2.05) is 12.1 Å². The van der Waals surface area contributed by atoms with Crippen molar-refractivity contribution < 1.29 is 9.53 Å². The molecule has 2 aliphatic heterocycles. The van der Waals surface area contributed by atoms with Crippen molar-refractivity contribution in [1.82, 2.24) is 14.7 Å². The molecule has 1 atom stereocenters. The van der Waals surface area contributed by atoms with Gasteiger partial charge in [-0.3, -0.25) is 9.69 Å². The predicted octanol–water partition coefficient (Wildman–Crippen LogP) is 2.85. The molecule has 1 aromatic carbocycles. The van der Waals surface area contributed by atoms with Gasteiger partial charge in [-0.2, -0.15) is 0 Å². The van der Waals surface area contributed by atoms with Crippen LogP contribution in [-0.2, 0) is 11.3 Å². The van der Waals surface area contributed by atoms with Gasteiger partial charge in [-0.1, -0.05) is 26.0 Å². The van der Waals surface area contributed by atoms with Gasteiger partial charge in [0.25, 0.3) is 0 Å². The van der Waals surface area contributed by atoms with Gasteiger partial charge in [0.05, 0.1) is 12.6 Å². The van der Waals surface area contributed by atoms with Crippen LogP contribution in [0.1, 0.15) is 38.7 Å². The van der Waals surface area contributed by atoms with E-state index >= 15 is 0 Å². The Bertz CT molecular complexity index is 676. The number of hydrogen-bond donors (Lipinski definition) is 0. The third-order valence-electron chi connectivity index (χ3n) is 6.57. The molecule has 1 unspecified atom stereocenters. The number of carbonyl (C=O) groups is 1. The summed E-state index contributed by atoms with van der Waals surface area (Å²) < 4.78 is 5.79. The highest BCUT2D eigenvalue weighted by Gasteiger charge is 2.52. The van der Waals surface area contributed by atoms with Gasteiger partial charge < -0.3 is 14.5 Å². The summed E-state index contributed by atoms with van der Waals surface area (Å²) in [6, 6.07) is 8.39. The van der Waals surface area contributed by atoms with Gasteiger partial charge in [0.15, 0.2) is 0 Å². The zero-order chi connectivity index (χ0) is 19.7. The highest BCUT2D eigenvalue weighted by molar-refractivity contribution is 5.83. The van der Waals surface area contributed by atoms with E-state index in [1.165, 1.54) is 18.4 Å². The third kappa shape index (κ3) is 4.52. The maximum Gasteiger partial charge on any atom is 0.240 e. The second-order valence-electron chi connectivity index (χ2n) is 9.60. The minimum Gasteiger partial charge on any atom is -0.493 e. The van der Waals surface area contributed by atoms with Gasteiger partial charge >= 0.3 is 0 Å². The number of rotatable bonds is 6. The minimum absolute atomic E-state index is 0.0820. The molecule has 3 aliphatic rings. The van der Waals surface area contributed by atoms with Gasteiger partial charge in [0, 0.05) is 39.3 Å². The summed E-state index contributed by atoms with van der Waals surface area (Å²) in [5.41, 5.74) is 1.59. The number of nitrogens with zero attached hydrogens (tertiary/aromatic N) is 3. The first kappa shape index (κ1) is 19.7. The van der Waals surface area contributed by atoms with E-state index in [0.29, 0.717) is 17.2 Å². The molecule has 2 saturated heterocycles. The van der Waals surface area contributed by atoms with Crippen molar-refractivity contribution in [2.24, 2.45) is 11.3 Å². The van der Waals surface area contributed by atoms with E-state index < -0.39 is 0 Å². The smallest absolute Gasteiger partial charge is 0.240 e. The first-order chi connectivity index (χ1) is 13.4. The first-order valence-electron chi connectivity index (χ1n) is 10.9. The average molecular weight is 386 g/mol. The molecule has 0 radical (unpaired) electrons. The van der Waals surface area contributed by atoms with Crippen molar-refractivity contribution in [2.75, 3.05) is 46.4 Å². The summed E-state index contributed by atoms with van der Waals surface area (Å²) in [4.78, 5) is 20.2. The second kappa shape index (κ2) is 8.03. The van der Waals surface area contributed by atoms with E-state index in [0.717, 1.165) is 58.0 Å². The molecule has 2 heterocycles. The Morgan fingerprint density at radius 2 is 1.79 bits per heavy atom. The molecule has 1 amide bonds. The molecule has 0 bridgehead atoms. The second-order valence-corrected chi connectivity index (χ2v) is 9.60. The predicted molar refractivity (Wildman–Crippen MR) is 111 cm³/mol. The van der Waals surface area contributed by atoms with Crippen LogP contribution in [0.2, 0.25) is 0 Å². The van der Waals surface area contributed by atoms with Crippen molar-refractivity contribution in [3.8, 4) is 5.75 Å². The normalized spacial score (nSPS) is 25.5. The van der Waals surface area contributed by atoms with E-state index in [2.05, 4.69) is 47.7 Å². The molecule has 3 fully saturated rings. The minimum atomic E-state index is 0.0820. The van der Waals surface area contributed by atoms with Crippen LogP contribution in [0.4, 0.5) is 0 Å². The summed E-state index contributed by atoms with van der Waals surface area (Å²) in [5, 5.41) is 0. The molecular weight excluding hydrogens is 350 g/mol. The first-order valence-corrected chi connectivity index (χ1v) is 10.9. The molecule has 4 rings (SSSR count). The average Bonchev–Trinajstić information content (AvgIpc) is 3.43. The van der Waals surface area contributed by atoms with Crippen LogP contribution in [0.25, 0.3) is 0 Å². The lowest BCUT2D eigenvalue weighted by atomic mass is 9.89. The summed E-state index contributed by atoms with van der Waals surface area (Å²) in [5.74, 6) is 1.77. The number of hydrogen-bond acceptors (Lipinski definition) is 4. The van der Waals surface area contributed by atoms with Gasteiger partial charge in [-0.15, -0.1) is 0 Å². The maximum absolute atomic E-state index is 13.3. The number of likely N-dealkylation sites (N-methyl/N-ethyl adjacent to an activating group) is 1. The van der Waals surface area contributed by atoms with Crippen LogP contribution in [0.5, 0.6) is 5.75 Å². The van der Waals surface area contributed by atoms with Crippen LogP contribution in [0.3, 0.4) is 0 Å². The molecule has 5 nitrogen and oxygen atoms in total. The summed E-state index contributed by atoms with van der Waals surface area (Å²) in [7, 11) is 2.17. The molecule has 1 aliphatic carbocycles. The van der Waals surface area contributed by atoms with Gasteiger partial charge in [0.1, 0.15) is 5.75 Å². The fourth-order valence-corrected chi connectivity index (χ4v) is 4.52. The lowest BCUT2D eigenvalue weighted by Crippen LogP contribution is -2.59. The van der Waals surface area contributed by atoms with E-state index in [1.54, 1.807) is 0 Å². The Labute approximate surface area is 169 Å². The van der Waals surface area contributed by atoms with Crippen LogP contribution < -0.4 is 4.74 Å². The maximum atomic E-state index is 13.3. The van der Waals surface area contributed by atoms with Gasteiger partial charge in [-0.05, 0) is 55.3 Å². The molecule has 5 heteroatoms. The van der Waals surface area contributed by atoms with Crippen LogP contribution in [0, 0.1) is 11.3 Å². The molecule has 1 spiro atoms. The lowest BCUT2D eigenvalue weighted by Gasteiger charge is -2.44. The zero-order valence-electron chi connectivity index (χ0n) is 17.7. The van der Waals surface area contributed by atoms with Crippen molar-refractivity contribution in [1.29, 1.82) is 0 Å². The van der Waals surface area contributed by atoms with Gasteiger partial charge in [0.2, 0.25) is 5.91 Å². The Morgan fingerprint density at radius 3 is 2.39 bits per heavy atom. The van der Waals surface area contributed by atoms with Crippen LogP contribution in [0.15, 0.2) is 24.3 Å². The molecule has 0 aromatic heterocycles. The lowest BCUT2D eigenvalue weighted by molar-refractivity contribution is -0.144. The third-order valence-corrected chi connectivity index (χ3v) is 6.57. The Kier molecular flexibility index (Phi) is 5.66. The molecular formula is C23H35N3O2. The van der Waals surface area contributed by atoms with Crippen LogP contribution >= 0.6 is 0 Å². The Morgan fingerprint density at radius 1 is 1.11 bits per heavy atom. The monoisotopic (exact) mass is 385 g/mol. The molecule has 154 valence electrons. The quantitative estimate of drug-likeness (QED) is 0.754. The largest absolute Gasteiger partial charge is 0.493 e. The SMILES string of the molecule is CC(C)COc1ccc(CN2CC3(CC3)CC(N3CCN(C)CC3)C2=O)cc1. The highest BCUT2D eigenvalue weighted by atomic mass is 16.5. The van der Waals surface area contributed by atoms with Gasteiger partial charge in [-0.25, -0.2) is 0 Å². The zero-order valence-corrected chi connectivity index (χ0v) is 17.7. The van der Waals surface area contributed by atoms with Crippen molar-refractivity contribution in [3.63, 3.8) is 0 Å². The molecule has 1 saturated carbocycles. The molecule has 1 aromatic rings. The summed E-state index contributed by atoms with van der Waals surface area (Å²) in [6.07, 6.45) is 3.63. The summed E-state index contributed by atoms with van der Waals surface area (Å²) in [6.45, 7) is 10.8. The number of benzene rings is 1. The Hall–Kier alpha value is -1.59.